The van der Waals surface area contributed by atoms with Gasteiger partial charge in [0.05, 0.1) is 19.3 Å². The van der Waals surface area contributed by atoms with E-state index >= 15 is 0 Å². The van der Waals surface area contributed by atoms with Crippen molar-refractivity contribution in [3.63, 3.8) is 0 Å². The lowest BCUT2D eigenvalue weighted by Gasteiger charge is -2.23. The van der Waals surface area contributed by atoms with Crippen molar-refractivity contribution < 1.29 is 9.84 Å². The fourth-order valence-corrected chi connectivity index (χ4v) is 1.56. The minimum atomic E-state index is -0.191. The zero-order valence-corrected chi connectivity index (χ0v) is 7.97. The molecule has 2 N–H and O–H groups in total. The molecule has 1 heterocycles. The highest BCUT2D eigenvalue weighted by atomic mass is 16.5. The first kappa shape index (κ1) is 9.96. The molecule has 1 saturated heterocycles. The van der Waals surface area contributed by atoms with Crippen LogP contribution in [0.25, 0.3) is 0 Å². The smallest absolute Gasteiger partial charge is 0.116 e. The second kappa shape index (κ2) is 4.21. The van der Waals surface area contributed by atoms with Crippen LogP contribution in [0.5, 0.6) is 0 Å². The predicted octanol–water partition coefficient (Wildman–Crippen LogP) is 0.873. The molecule has 0 spiro atoms. The lowest BCUT2D eigenvalue weighted by atomic mass is 10.1. The van der Waals surface area contributed by atoms with Gasteiger partial charge >= 0.3 is 0 Å². The molecule has 0 amide bonds. The number of aliphatic hydroxyl groups excluding tert-OH is 1. The van der Waals surface area contributed by atoms with E-state index in [2.05, 4.69) is 19.2 Å². The van der Waals surface area contributed by atoms with E-state index in [-0.39, 0.29) is 18.4 Å². The highest BCUT2D eigenvalue weighted by molar-refractivity contribution is 4.84. The quantitative estimate of drug-likeness (QED) is 0.663. The molecule has 12 heavy (non-hydrogen) atoms. The van der Waals surface area contributed by atoms with E-state index in [4.69, 9.17) is 9.84 Å². The average Bonchev–Trinajstić information content (AvgIpc) is 2.45. The van der Waals surface area contributed by atoms with E-state index < -0.39 is 0 Å². The van der Waals surface area contributed by atoms with E-state index in [1.807, 2.05) is 0 Å². The van der Waals surface area contributed by atoms with Crippen molar-refractivity contribution in [1.82, 2.24) is 5.32 Å². The number of hydrogen-bond donors (Lipinski definition) is 2. The normalized spacial score (nSPS) is 35.8. The molecular weight excluding hydrogens is 154 g/mol. The van der Waals surface area contributed by atoms with Gasteiger partial charge in [0.15, 0.2) is 0 Å². The highest BCUT2D eigenvalue weighted by Gasteiger charge is 2.33. The Morgan fingerprint density at radius 1 is 1.67 bits per heavy atom. The third kappa shape index (κ3) is 2.44. The molecule has 0 aliphatic carbocycles. The maximum absolute atomic E-state index is 8.88. The minimum absolute atomic E-state index is 0.131. The van der Waals surface area contributed by atoms with Crippen molar-refractivity contribution >= 4 is 0 Å². The van der Waals surface area contributed by atoms with Crippen LogP contribution in [0.15, 0.2) is 0 Å². The summed E-state index contributed by atoms with van der Waals surface area (Å²) in [5, 5.41) is 12.2. The van der Waals surface area contributed by atoms with Crippen LogP contribution in [0.3, 0.4) is 0 Å². The predicted molar refractivity (Wildman–Crippen MR) is 47.9 cm³/mol. The van der Waals surface area contributed by atoms with Gasteiger partial charge in [-0.2, -0.15) is 0 Å². The monoisotopic (exact) mass is 173 g/mol. The molecule has 72 valence electrons. The number of aliphatic hydroxyl groups is 1. The molecule has 0 aromatic carbocycles. The van der Waals surface area contributed by atoms with Crippen LogP contribution in [0.2, 0.25) is 0 Å². The van der Waals surface area contributed by atoms with E-state index in [1.54, 1.807) is 0 Å². The van der Waals surface area contributed by atoms with Gasteiger partial charge in [-0.15, -0.1) is 0 Å². The summed E-state index contributed by atoms with van der Waals surface area (Å²) in [6, 6.07) is 0.131. The molecule has 3 heteroatoms. The SMILES string of the molecule is CCCCC1(C)NC(CO)CO1. The van der Waals surface area contributed by atoms with Crippen LogP contribution >= 0.6 is 0 Å². The van der Waals surface area contributed by atoms with E-state index in [0.29, 0.717) is 6.61 Å². The van der Waals surface area contributed by atoms with Gasteiger partial charge in [0.1, 0.15) is 5.72 Å². The van der Waals surface area contributed by atoms with Crippen molar-refractivity contribution in [3.05, 3.63) is 0 Å². The maximum Gasteiger partial charge on any atom is 0.116 e. The Bertz CT molecular complexity index is 140. The molecule has 0 radical (unpaired) electrons. The third-order valence-electron chi connectivity index (χ3n) is 2.34. The molecular formula is C9H19NO2. The second-order valence-corrected chi connectivity index (χ2v) is 3.67. The Morgan fingerprint density at radius 2 is 2.42 bits per heavy atom. The molecule has 1 fully saturated rings. The number of ether oxygens (including phenoxy) is 1. The van der Waals surface area contributed by atoms with Crippen molar-refractivity contribution in [3.8, 4) is 0 Å². The summed E-state index contributed by atoms with van der Waals surface area (Å²) in [4.78, 5) is 0. The molecule has 0 bridgehead atoms. The molecule has 0 aromatic heterocycles. The van der Waals surface area contributed by atoms with Gasteiger partial charge in [-0.25, -0.2) is 0 Å². The van der Waals surface area contributed by atoms with E-state index in [0.717, 1.165) is 6.42 Å². The van der Waals surface area contributed by atoms with Gasteiger partial charge in [-0.1, -0.05) is 13.3 Å². The third-order valence-corrected chi connectivity index (χ3v) is 2.34. The van der Waals surface area contributed by atoms with Crippen LogP contribution < -0.4 is 5.32 Å². The van der Waals surface area contributed by atoms with Gasteiger partial charge in [0.25, 0.3) is 0 Å². The molecule has 1 aliphatic heterocycles. The van der Waals surface area contributed by atoms with Gasteiger partial charge in [0, 0.05) is 0 Å². The Kier molecular flexibility index (Phi) is 3.50. The summed E-state index contributed by atoms with van der Waals surface area (Å²) < 4.78 is 5.57. The molecule has 2 unspecified atom stereocenters. The lowest BCUT2D eigenvalue weighted by Crippen LogP contribution is -2.42. The maximum atomic E-state index is 8.88. The summed E-state index contributed by atoms with van der Waals surface area (Å²) in [7, 11) is 0. The van der Waals surface area contributed by atoms with Crippen LogP contribution in [-0.4, -0.2) is 30.1 Å². The van der Waals surface area contributed by atoms with Crippen molar-refractivity contribution in [2.45, 2.75) is 44.9 Å². The molecule has 2 atom stereocenters. The van der Waals surface area contributed by atoms with Crippen LogP contribution in [-0.2, 0) is 4.74 Å². The summed E-state index contributed by atoms with van der Waals surface area (Å²) >= 11 is 0. The second-order valence-electron chi connectivity index (χ2n) is 3.67. The Hall–Kier alpha value is -0.120. The topological polar surface area (TPSA) is 41.5 Å². The summed E-state index contributed by atoms with van der Waals surface area (Å²) in [5.41, 5.74) is -0.191. The lowest BCUT2D eigenvalue weighted by molar-refractivity contribution is -0.00229. The van der Waals surface area contributed by atoms with Crippen LogP contribution in [0.4, 0.5) is 0 Å². The summed E-state index contributed by atoms with van der Waals surface area (Å²) in [5.74, 6) is 0. The first-order valence-corrected chi connectivity index (χ1v) is 4.72. The molecule has 3 nitrogen and oxygen atoms in total. The van der Waals surface area contributed by atoms with Crippen LogP contribution in [0, 0.1) is 0 Å². The van der Waals surface area contributed by atoms with Crippen molar-refractivity contribution in [1.29, 1.82) is 0 Å². The standard InChI is InChI=1S/C9H19NO2/c1-3-4-5-9(2)10-8(6-11)7-12-9/h8,10-11H,3-7H2,1-2H3. The molecule has 1 aliphatic rings. The van der Waals surface area contributed by atoms with Crippen LogP contribution in [0.1, 0.15) is 33.1 Å². The van der Waals surface area contributed by atoms with Gasteiger partial charge in [0.2, 0.25) is 0 Å². The Balaban J connectivity index is 2.31. The summed E-state index contributed by atoms with van der Waals surface area (Å²) in [6.45, 7) is 5.03. The first-order chi connectivity index (χ1) is 5.70. The zero-order valence-electron chi connectivity index (χ0n) is 7.97. The molecule has 0 saturated carbocycles. The van der Waals surface area contributed by atoms with Crippen molar-refractivity contribution in [2.75, 3.05) is 13.2 Å². The minimum Gasteiger partial charge on any atom is -0.395 e. The number of hydrogen-bond acceptors (Lipinski definition) is 3. The number of rotatable bonds is 4. The largest absolute Gasteiger partial charge is 0.395 e. The Morgan fingerprint density at radius 3 is 2.92 bits per heavy atom. The Labute approximate surface area is 74.1 Å². The van der Waals surface area contributed by atoms with Gasteiger partial charge in [-0.05, 0) is 19.8 Å². The fraction of sp³-hybridized carbons (Fsp3) is 1.00. The first-order valence-electron chi connectivity index (χ1n) is 4.72. The van der Waals surface area contributed by atoms with Gasteiger partial charge < -0.3 is 9.84 Å². The highest BCUT2D eigenvalue weighted by Crippen LogP contribution is 2.21. The average molecular weight is 173 g/mol. The molecule has 0 aromatic rings. The fourth-order valence-electron chi connectivity index (χ4n) is 1.56. The summed E-state index contributed by atoms with van der Waals surface area (Å²) in [6.07, 6.45) is 3.38. The van der Waals surface area contributed by atoms with Crippen molar-refractivity contribution in [2.24, 2.45) is 0 Å². The number of nitrogens with one attached hydrogen (secondary N) is 1. The number of unbranched alkanes of at least 4 members (excludes halogenated alkanes) is 1. The van der Waals surface area contributed by atoms with E-state index in [9.17, 15) is 0 Å². The zero-order chi connectivity index (χ0) is 9.03. The van der Waals surface area contributed by atoms with Gasteiger partial charge in [-0.3, -0.25) is 5.32 Å². The van der Waals surface area contributed by atoms with E-state index in [1.165, 1.54) is 12.8 Å². The molecule has 1 rings (SSSR count).